The van der Waals surface area contributed by atoms with Crippen LogP contribution in [0.2, 0.25) is 0 Å². The number of nitrogens with zero attached hydrogens (tertiary/aromatic N) is 2. The average molecular weight is 462 g/mol. The summed E-state index contributed by atoms with van der Waals surface area (Å²) in [5.41, 5.74) is 10.4. The van der Waals surface area contributed by atoms with Crippen molar-refractivity contribution in [1.29, 1.82) is 0 Å². The molecule has 0 amide bonds. The van der Waals surface area contributed by atoms with E-state index < -0.39 is 0 Å². The van der Waals surface area contributed by atoms with E-state index in [2.05, 4.69) is 105 Å². The number of anilines is 1. The average Bonchev–Trinajstić information content (AvgIpc) is 2.90. The fraction of sp³-hybridized carbons (Fsp3) is 0.250. The summed E-state index contributed by atoms with van der Waals surface area (Å²) in [4.78, 5) is 9.41. The van der Waals surface area contributed by atoms with E-state index in [9.17, 15) is 0 Å². The molecule has 0 bridgehead atoms. The zero-order chi connectivity index (χ0) is 24.5. The summed E-state index contributed by atoms with van der Waals surface area (Å²) in [5.74, 6) is 0. The third kappa shape index (κ3) is 6.24. The Morgan fingerprint density at radius 2 is 1.46 bits per heavy atom. The van der Waals surface area contributed by atoms with Crippen LogP contribution in [0, 0.1) is 0 Å². The van der Waals surface area contributed by atoms with Crippen molar-refractivity contribution in [1.82, 2.24) is 9.97 Å². The van der Waals surface area contributed by atoms with E-state index in [-0.39, 0.29) is 0 Å². The van der Waals surface area contributed by atoms with E-state index in [0.29, 0.717) is 0 Å². The normalized spacial score (nSPS) is 11.5. The predicted molar refractivity (Wildman–Crippen MR) is 148 cm³/mol. The fourth-order valence-corrected chi connectivity index (χ4v) is 4.45. The van der Waals surface area contributed by atoms with Gasteiger partial charge >= 0.3 is 0 Å². The summed E-state index contributed by atoms with van der Waals surface area (Å²) >= 11 is 0. The number of hydrogen-bond donors (Lipinski definition) is 1. The lowest BCUT2D eigenvalue weighted by molar-refractivity contribution is 0.920. The molecule has 0 radical (unpaired) electrons. The first kappa shape index (κ1) is 24.4. The highest BCUT2D eigenvalue weighted by atomic mass is 14.9. The van der Waals surface area contributed by atoms with Crippen LogP contribution in [0.25, 0.3) is 22.5 Å². The molecule has 1 aromatic heterocycles. The van der Waals surface area contributed by atoms with Crippen molar-refractivity contribution in [3.05, 3.63) is 114 Å². The number of hydrogen-bond acceptors (Lipinski definition) is 3. The minimum atomic E-state index is 0.893. The van der Waals surface area contributed by atoms with Gasteiger partial charge in [0.1, 0.15) is 0 Å². The maximum absolute atomic E-state index is 4.71. The number of aromatic nitrogens is 2. The number of nitrogens with one attached hydrogen (secondary N) is 1. The van der Waals surface area contributed by atoms with Crippen LogP contribution in [0.4, 0.5) is 5.69 Å². The molecule has 0 aliphatic carbocycles. The molecular weight excluding hydrogens is 426 g/mol. The van der Waals surface area contributed by atoms with Crippen molar-refractivity contribution in [3.8, 4) is 22.5 Å². The van der Waals surface area contributed by atoms with Gasteiger partial charge in [-0.1, -0.05) is 93.9 Å². The SMILES string of the molecule is CC/C=C(/Cc1ccc(CCC)cc1)Nc1ccc(-c2nccnc2-c2ccccc2CC)cc1. The molecule has 0 saturated heterocycles. The van der Waals surface area contributed by atoms with Crippen LogP contribution < -0.4 is 5.32 Å². The van der Waals surface area contributed by atoms with Gasteiger partial charge in [-0.2, -0.15) is 0 Å². The van der Waals surface area contributed by atoms with E-state index in [1.807, 2.05) is 0 Å². The van der Waals surface area contributed by atoms with E-state index in [0.717, 1.165) is 53.9 Å². The molecule has 3 aromatic carbocycles. The molecule has 178 valence electrons. The first-order valence-electron chi connectivity index (χ1n) is 12.7. The minimum Gasteiger partial charge on any atom is -0.359 e. The molecule has 1 N–H and O–H groups in total. The molecule has 0 fully saturated rings. The van der Waals surface area contributed by atoms with Crippen molar-refractivity contribution < 1.29 is 0 Å². The summed E-state index contributed by atoms with van der Waals surface area (Å²) < 4.78 is 0. The van der Waals surface area contributed by atoms with Crippen LogP contribution in [0.5, 0.6) is 0 Å². The molecule has 0 saturated carbocycles. The van der Waals surface area contributed by atoms with Crippen LogP contribution in [-0.4, -0.2) is 9.97 Å². The Morgan fingerprint density at radius 3 is 2.14 bits per heavy atom. The summed E-state index contributed by atoms with van der Waals surface area (Å²) in [6, 6.07) is 26.0. The van der Waals surface area contributed by atoms with Crippen LogP contribution in [0.3, 0.4) is 0 Å². The lowest BCUT2D eigenvalue weighted by Crippen LogP contribution is -2.03. The van der Waals surface area contributed by atoms with Gasteiger partial charge in [0.2, 0.25) is 0 Å². The Labute approximate surface area is 210 Å². The molecule has 3 heteroatoms. The third-order valence-electron chi connectivity index (χ3n) is 6.22. The molecule has 0 spiro atoms. The standard InChI is InChI=1S/C32H35N3/c1-4-9-24-13-15-25(16-14-24)23-29(10-5-2)35-28-19-17-27(18-20-28)31-32(34-22-21-33-31)30-12-8-7-11-26(30)6-3/h7-8,10-22,35H,4-6,9,23H2,1-3H3/b29-10-. The molecule has 0 atom stereocenters. The van der Waals surface area contributed by atoms with Crippen molar-refractivity contribution in [2.45, 2.75) is 52.9 Å². The summed E-state index contributed by atoms with van der Waals surface area (Å²) in [7, 11) is 0. The number of allylic oxidation sites excluding steroid dienone is 2. The topological polar surface area (TPSA) is 37.8 Å². The van der Waals surface area contributed by atoms with Crippen LogP contribution in [0.15, 0.2) is 97.0 Å². The van der Waals surface area contributed by atoms with Gasteiger partial charge in [-0.15, -0.1) is 0 Å². The maximum Gasteiger partial charge on any atom is 0.0967 e. The Balaban J connectivity index is 1.53. The van der Waals surface area contributed by atoms with E-state index >= 15 is 0 Å². The van der Waals surface area contributed by atoms with Crippen molar-refractivity contribution in [2.75, 3.05) is 5.32 Å². The highest BCUT2D eigenvalue weighted by molar-refractivity contribution is 5.80. The van der Waals surface area contributed by atoms with Crippen molar-refractivity contribution in [3.63, 3.8) is 0 Å². The zero-order valence-corrected chi connectivity index (χ0v) is 21.1. The molecule has 4 aromatic rings. The van der Waals surface area contributed by atoms with Crippen LogP contribution in [0.1, 0.15) is 50.3 Å². The molecular formula is C32H35N3. The third-order valence-corrected chi connectivity index (χ3v) is 6.22. The van der Waals surface area contributed by atoms with Gasteiger partial charge in [0, 0.05) is 41.3 Å². The van der Waals surface area contributed by atoms with Crippen LogP contribution >= 0.6 is 0 Å². The Hall–Kier alpha value is -3.72. The molecule has 4 rings (SSSR count). The Morgan fingerprint density at radius 1 is 0.771 bits per heavy atom. The second-order valence-corrected chi connectivity index (χ2v) is 8.85. The quantitative estimate of drug-likeness (QED) is 0.258. The smallest absolute Gasteiger partial charge is 0.0967 e. The van der Waals surface area contributed by atoms with Gasteiger partial charge in [0.05, 0.1) is 11.4 Å². The van der Waals surface area contributed by atoms with Gasteiger partial charge in [0.25, 0.3) is 0 Å². The molecule has 0 aliphatic rings. The number of aryl methyl sites for hydroxylation is 2. The van der Waals surface area contributed by atoms with Gasteiger partial charge in [-0.25, -0.2) is 0 Å². The second-order valence-electron chi connectivity index (χ2n) is 8.85. The molecule has 1 heterocycles. The fourth-order valence-electron chi connectivity index (χ4n) is 4.45. The lowest BCUT2D eigenvalue weighted by Gasteiger charge is -2.14. The van der Waals surface area contributed by atoms with E-state index in [1.165, 1.54) is 28.8 Å². The van der Waals surface area contributed by atoms with Crippen LogP contribution in [-0.2, 0) is 19.3 Å². The zero-order valence-electron chi connectivity index (χ0n) is 21.1. The monoisotopic (exact) mass is 461 g/mol. The number of benzene rings is 3. The highest BCUT2D eigenvalue weighted by Gasteiger charge is 2.13. The Bertz CT molecular complexity index is 1250. The van der Waals surface area contributed by atoms with Crippen molar-refractivity contribution >= 4 is 5.69 Å². The number of rotatable bonds is 10. The van der Waals surface area contributed by atoms with Gasteiger partial charge in [-0.3, -0.25) is 9.97 Å². The van der Waals surface area contributed by atoms with Gasteiger partial charge < -0.3 is 5.32 Å². The van der Waals surface area contributed by atoms with Crippen molar-refractivity contribution in [2.24, 2.45) is 0 Å². The summed E-state index contributed by atoms with van der Waals surface area (Å²) in [6.07, 6.45) is 11.0. The maximum atomic E-state index is 4.71. The van der Waals surface area contributed by atoms with Gasteiger partial charge in [0.15, 0.2) is 0 Å². The largest absolute Gasteiger partial charge is 0.359 e. The first-order chi connectivity index (χ1) is 17.2. The van der Waals surface area contributed by atoms with E-state index in [4.69, 9.17) is 9.97 Å². The molecule has 3 nitrogen and oxygen atoms in total. The van der Waals surface area contributed by atoms with E-state index in [1.54, 1.807) is 12.4 Å². The van der Waals surface area contributed by atoms with Gasteiger partial charge in [-0.05, 0) is 48.1 Å². The Kier molecular flexibility index (Phi) is 8.45. The highest BCUT2D eigenvalue weighted by Crippen LogP contribution is 2.31. The lowest BCUT2D eigenvalue weighted by atomic mass is 9.98. The molecule has 0 unspecified atom stereocenters. The molecule has 35 heavy (non-hydrogen) atoms. The second kappa shape index (κ2) is 12.1. The summed E-state index contributed by atoms with van der Waals surface area (Å²) in [6.45, 7) is 6.58. The minimum absolute atomic E-state index is 0.893. The molecule has 0 aliphatic heterocycles. The first-order valence-corrected chi connectivity index (χ1v) is 12.7. The summed E-state index contributed by atoms with van der Waals surface area (Å²) in [5, 5.41) is 3.64. The predicted octanol–water partition coefficient (Wildman–Crippen LogP) is 8.27.